The van der Waals surface area contributed by atoms with E-state index in [4.69, 9.17) is 0 Å². The summed E-state index contributed by atoms with van der Waals surface area (Å²) in [6.07, 6.45) is 2.95. The van der Waals surface area contributed by atoms with E-state index in [0.29, 0.717) is 0 Å². The molecule has 2 atom stereocenters. The summed E-state index contributed by atoms with van der Waals surface area (Å²) in [6, 6.07) is 8.45. The Morgan fingerprint density at radius 1 is 1.50 bits per heavy atom. The van der Waals surface area contributed by atoms with E-state index < -0.39 is 0 Å². The number of hydrogen-bond donors (Lipinski definition) is 1. The lowest BCUT2D eigenvalue weighted by atomic mass is 9.93. The van der Waals surface area contributed by atoms with Gasteiger partial charge in [-0.3, -0.25) is 0 Å². The maximum atomic E-state index is 10.3. The van der Waals surface area contributed by atoms with Gasteiger partial charge in [-0.1, -0.05) is 29.8 Å². The molecule has 0 aliphatic carbocycles. The van der Waals surface area contributed by atoms with Crippen molar-refractivity contribution in [2.45, 2.75) is 44.0 Å². The number of aliphatic hydroxyl groups excluding tert-OH is 1. The van der Waals surface area contributed by atoms with Gasteiger partial charge in [0.25, 0.3) is 0 Å². The molecule has 0 radical (unpaired) electrons. The van der Waals surface area contributed by atoms with Crippen LogP contribution in [-0.4, -0.2) is 21.7 Å². The van der Waals surface area contributed by atoms with E-state index >= 15 is 0 Å². The molecule has 1 N–H and O–H groups in total. The second kappa shape index (κ2) is 4.80. The predicted octanol–water partition coefficient (Wildman–Crippen LogP) is 3.18. The molecule has 1 aliphatic heterocycles. The van der Waals surface area contributed by atoms with Crippen molar-refractivity contribution in [3.8, 4) is 0 Å². The van der Waals surface area contributed by atoms with Gasteiger partial charge in [0.2, 0.25) is 0 Å². The first-order valence-corrected chi connectivity index (χ1v) is 6.96. The van der Waals surface area contributed by atoms with E-state index in [9.17, 15) is 5.11 Å². The van der Waals surface area contributed by atoms with Crippen molar-refractivity contribution in [2.75, 3.05) is 5.75 Å². The third kappa shape index (κ3) is 2.61. The third-order valence-corrected chi connectivity index (χ3v) is 5.09. The van der Waals surface area contributed by atoms with Crippen LogP contribution in [0.1, 0.15) is 30.9 Å². The third-order valence-electron chi connectivity index (χ3n) is 3.47. The summed E-state index contributed by atoms with van der Waals surface area (Å²) in [5, 5.41) is 10.3. The summed E-state index contributed by atoms with van der Waals surface area (Å²) in [7, 11) is 0. The minimum absolute atomic E-state index is 0.0732. The molecule has 0 bridgehead atoms. The fourth-order valence-electron chi connectivity index (χ4n) is 2.34. The van der Waals surface area contributed by atoms with Crippen LogP contribution in [0.4, 0.5) is 0 Å². The van der Waals surface area contributed by atoms with Gasteiger partial charge in [-0.15, -0.1) is 0 Å². The summed E-state index contributed by atoms with van der Waals surface area (Å²) in [5.74, 6) is 1.20. The lowest BCUT2D eigenvalue weighted by Gasteiger charge is -2.29. The highest BCUT2D eigenvalue weighted by atomic mass is 32.2. The number of hydrogen-bond acceptors (Lipinski definition) is 2. The fraction of sp³-hybridized carbons (Fsp3) is 0.571. The van der Waals surface area contributed by atoms with Crippen LogP contribution >= 0.6 is 11.8 Å². The van der Waals surface area contributed by atoms with Gasteiger partial charge in [0, 0.05) is 4.75 Å². The Hall–Kier alpha value is -0.470. The first-order chi connectivity index (χ1) is 7.60. The van der Waals surface area contributed by atoms with Crippen LogP contribution in [0.2, 0.25) is 0 Å². The molecule has 0 spiro atoms. The lowest BCUT2D eigenvalue weighted by molar-refractivity contribution is 0.133. The Morgan fingerprint density at radius 3 is 2.94 bits per heavy atom. The van der Waals surface area contributed by atoms with Gasteiger partial charge < -0.3 is 5.11 Å². The van der Waals surface area contributed by atoms with E-state index in [1.54, 1.807) is 0 Å². The van der Waals surface area contributed by atoms with Crippen LogP contribution in [0.5, 0.6) is 0 Å². The molecule has 0 amide bonds. The van der Waals surface area contributed by atoms with E-state index in [1.807, 2.05) is 11.8 Å². The topological polar surface area (TPSA) is 20.2 Å². The lowest BCUT2D eigenvalue weighted by Crippen LogP contribution is -2.35. The second-order valence-corrected chi connectivity index (χ2v) is 6.60. The minimum atomic E-state index is -0.221. The van der Waals surface area contributed by atoms with E-state index in [1.165, 1.54) is 23.3 Å². The molecule has 2 unspecified atom stereocenters. The number of benzene rings is 1. The summed E-state index contributed by atoms with van der Waals surface area (Å²) < 4.78 is 0.0732. The molecule has 88 valence electrons. The maximum Gasteiger partial charge on any atom is 0.0724 e. The molecule has 16 heavy (non-hydrogen) atoms. The van der Waals surface area contributed by atoms with Crippen molar-refractivity contribution in [1.82, 2.24) is 0 Å². The monoisotopic (exact) mass is 236 g/mol. The van der Waals surface area contributed by atoms with Crippen molar-refractivity contribution >= 4 is 11.8 Å². The van der Waals surface area contributed by atoms with Crippen molar-refractivity contribution in [3.05, 3.63) is 35.4 Å². The molecule has 1 aromatic carbocycles. The summed E-state index contributed by atoms with van der Waals surface area (Å²) in [5.41, 5.74) is 2.52. The van der Waals surface area contributed by atoms with Gasteiger partial charge in [-0.25, -0.2) is 0 Å². The molecule has 1 aliphatic rings. The van der Waals surface area contributed by atoms with Crippen LogP contribution in [0, 0.1) is 6.92 Å². The highest BCUT2D eigenvalue weighted by molar-refractivity contribution is 8.00. The summed E-state index contributed by atoms with van der Waals surface area (Å²) in [4.78, 5) is 0. The van der Waals surface area contributed by atoms with E-state index in [-0.39, 0.29) is 10.9 Å². The molecular formula is C14H20OS. The Kier molecular flexibility index (Phi) is 3.60. The molecule has 2 heteroatoms. The van der Waals surface area contributed by atoms with Crippen molar-refractivity contribution < 1.29 is 5.11 Å². The molecule has 0 saturated carbocycles. The fourth-order valence-corrected chi connectivity index (χ4v) is 3.66. The zero-order chi connectivity index (χ0) is 11.6. The normalized spacial score (nSPS) is 26.9. The standard InChI is InChI=1S/C14H20OS/c1-11-5-3-6-12(9-11)10-13(15)14(2)7-4-8-16-14/h3,5-6,9,13,15H,4,7-8,10H2,1-2H3. The highest BCUT2D eigenvalue weighted by Gasteiger charge is 2.36. The average Bonchev–Trinajstić information content (AvgIpc) is 2.66. The number of thioether (sulfide) groups is 1. The predicted molar refractivity (Wildman–Crippen MR) is 71.0 cm³/mol. The zero-order valence-electron chi connectivity index (χ0n) is 10.1. The number of aryl methyl sites for hydroxylation is 1. The highest BCUT2D eigenvalue weighted by Crippen LogP contribution is 2.41. The molecule has 1 nitrogen and oxygen atoms in total. The van der Waals surface area contributed by atoms with Crippen molar-refractivity contribution in [3.63, 3.8) is 0 Å². The van der Waals surface area contributed by atoms with Crippen LogP contribution in [-0.2, 0) is 6.42 Å². The van der Waals surface area contributed by atoms with Gasteiger partial charge in [0.05, 0.1) is 6.10 Å². The minimum Gasteiger partial charge on any atom is -0.391 e. The van der Waals surface area contributed by atoms with Gasteiger partial charge in [-0.2, -0.15) is 11.8 Å². The smallest absolute Gasteiger partial charge is 0.0724 e. The Balaban J connectivity index is 2.04. The molecule has 2 rings (SSSR count). The maximum absolute atomic E-state index is 10.3. The SMILES string of the molecule is Cc1cccc(CC(O)C2(C)CCCS2)c1. The first-order valence-electron chi connectivity index (χ1n) is 5.98. The Labute approximate surface area is 102 Å². The average molecular weight is 236 g/mol. The molecule has 1 aromatic rings. The summed E-state index contributed by atoms with van der Waals surface area (Å²) >= 11 is 1.93. The molecular weight excluding hydrogens is 216 g/mol. The quantitative estimate of drug-likeness (QED) is 0.870. The van der Waals surface area contributed by atoms with E-state index in [2.05, 4.69) is 38.1 Å². The van der Waals surface area contributed by atoms with Crippen molar-refractivity contribution in [2.24, 2.45) is 0 Å². The van der Waals surface area contributed by atoms with E-state index in [0.717, 1.165) is 12.8 Å². The Morgan fingerprint density at radius 2 is 2.31 bits per heavy atom. The number of aliphatic hydroxyl groups is 1. The Bertz CT molecular complexity index is 356. The first kappa shape index (κ1) is 12.0. The molecule has 0 aromatic heterocycles. The van der Waals surface area contributed by atoms with Crippen LogP contribution in [0.15, 0.2) is 24.3 Å². The van der Waals surface area contributed by atoms with Gasteiger partial charge >= 0.3 is 0 Å². The zero-order valence-corrected chi connectivity index (χ0v) is 10.9. The van der Waals surface area contributed by atoms with Gasteiger partial charge in [0.15, 0.2) is 0 Å². The van der Waals surface area contributed by atoms with Crippen LogP contribution in [0.3, 0.4) is 0 Å². The van der Waals surface area contributed by atoms with Gasteiger partial charge in [-0.05, 0) is 44.4 Å². The number of rotatable bonds is 3. The molecule has 1 saturated heterocycles. The molecule has 1 heterocycles. The van der Waals surface area contributed by atoms with Crippen LogP contribution in [0.25, 0.3) is 0 Å². The second-order valence-electron chi connectivity index (χ2n) is 4.97. The van der Waals surface area contributed by atoms with Crippen LogP contribution < -0.4 is 0 Å². The van der Waals surface area contributed by atoms with Gasteiger partial charge in [0.1, 0.15) is 0 Å². The largest absolute Gasteiger partial charge is 0.391 e. The molecule has 1 fully saturated rings. The summed E-state index contributed by atoms with van der Waals surface area (Å²) in [6.45, 7) is 4.30. The van der Waals surface area contributed by atoms with Crippen molar-refractivity contribution in [1.29, 1.82) is 0 Å².